The fourth-order valence-electron chi connectivity index (χ4n) is 2.20. The Balaban J connectivity index is 1.58. The van der Waals surface area contributed by atoms with Crippen molar-refractivity contribution in [1.29, 1.82) is 0 Å². The Morgan fingerprint density at radius 3 is 2.77 bits per heavy atom. The van der Waals surface area contributed by atoms with Crippen molar-refractivity contribution in [2.45, 2.75) is 25.9 Å². The fourth-order valence-corrected chi connectivity index (χ4v) is 2.20. The van der Waals surface area contributed by atoms with Crippen LogP contribution in [-0.4, -0.2) is 42.1 Å². The van der Waals surface area contributed by atoms with Crippen LogP contribution in [0.25, 0.3) is 0 Å². The van der Waals surface area contributed by atoms with E-state index in [0.29, 0.717) is 6.54 Å². The highest BCUT2D eigenvalue weighted by Crippen LogP contribution is 2.13. The van der Waals surface area contributed by atoms with E-state index in [1.165, 1.54) is 0 Å². The number of ether oxygens (including phenoxy) is 1. The summed E-state index contributed by atoms with van der Waals surface area (Å²) in [5, 5.41) is 15.4. The average Bonchev–Trinajstić information content (AvgIpc) is 3.21. The zero-order chi connectivity index (χ0) is 15.2. The molecule has 0 spiro atoms. The van der Waals surface area contributed by atoms with Crippen LogP contribution in [-0.2, 0) is 19.5 Å². The predicted octanol–water partition coefficient (Wildman–Crippen LogP) is 0.954. The number of benzene rings is 1. The molecule has 0 N–H and O–H groups in total. The molecule has 8 nitrogen and oxygen atoms in total. The van der Waals surface area contributed by atoms with Gasteiger partial charge >= 0.3 is 0 Å². The third-order valence-electron chi connectivity index (χ3n) is 3.37. The molecule has 0 radical (unpaired) electrons. The highest BCUT2D eigenvalue weighted by Gasteiger charge is 2.06. The molecular formula is C14H17N7O. The van der Waals surface area contributed by atoms with Gasteiger partial charge in [-0.3, -0.25) is 0 Å². The number of aromatic nitrogens is 7. The van der Waals surface area contributed by atoms with E-state index >= 15 is 0 Å². The van der Waals surface area contributed by atoms with Gasteiger partial charge in [0.25, 0.3) is 0 Å². The van der Waals surface area contributed by atoms with Crippen LogP contribution in [0.1, 0.15) is 17.8 Å². The van der Waals surface area contributed by atoms with Gasteiger partial charge in [-0.25, -0.2) is 14.3 Å². The Morgan fingerprint density at radius 1 is 1.18 bits per heavy atom. The fraction of sp³-hybridized carbons (Fsp3) is 0.357. The van der Waals surface area contributed by atoms with Gasteiger partial charge in [-0.15, -0.1) is 5.10 Å². The number of hydrogen-bond donors (Lipinski definition) is 0. The molecule has 1 aromatic carbocycles. The first kappa shape index (κ1) is 14.2. The lowest BCUT2D eigenvalue weighted by atomic mass is 10.2. The molecule has 0 bridgehead atoms. The van der Waals surface area contributed by atoms with Crippen molar-refractivity contribution < 1.29 is 4.74 Å². The largest absolute Gasteiger partial charge is 0.497 e. The van der Waals surface area contributed by atoms with Crippen LogP contribution in [0.15, 0.2) is 36.9 Å². The van der Waals surface area contributed by atoms with Gasteiger partial charge in [-0.1, -0.05) is 12.1 Å². The minimum atomic E-state index is 0.699. The molecule has 114 valence electrons. The molecule has 3 rings (SSSR count). The van der Waals surface area contributed by atoms with Gasteiger partial charge in [0, 0.05) is 13.0 Å². The SMILES string of the molecule is COc1ccc(Cn2ncnc2CCCn2cnnn2)cc1. The maximum atomic E-state index is 5.16. The average molecular weight is 299 g/mol. The zero-order valence-electron chi connectivity index (χ0n) is 12.3. The number of nitrogens with zero attached hydrogens (tertiary/aromatic N) is 7. The molecule has 22 heavy (non-hydrogen) atoms. The van der Waals surface area contributed by atoms with Crippen LogP contribution >= 0.6 is 0 Å². The maximum Gasteiger partial charge on any atom is 0.138 e. The molecule has 8 heteroatoms. The highest BCUT2D eigenvalue weighted by molar-refractivity contribution is 5.27. The molecule has 3 aromatic rings. The predicted molar refractivity (Wildman–Crippen MR) is 78.3 cm³/mol. The summed E-state index contributed by atoms with van der Waals surface area (Å²) < 4.78 is 8.79. The summed E-state index contributed by atoms with van der Waals surface area (Å²) in [5.74, 6) is 1.81. The van der Waals surface area contributed by atoms with E-state index in [9.17, 15) is 0 Å². The molecule has 0 unspecified atom stereocenters. The Kier molecular flexibility index (Phi) is 4.38. The van der Waals surface area contributed by atoms with E-state index in [1.807, 2.05) is 28.9 Å². The molecule has 0 aliphatic rings. The van der Waals surface area contributed by atoms with Gasteiger partial charge in [-0.2, -0.15) is 5.10 Å². The molecule has 0 saturated carbocycles. The molecule has 0 fully saturated rings. The van der Waals surface area contributed by atoms with Crippen molar-refractivity contribution in [2.24, 2.45) is 0 Å². The van der Waals surface area contributed by atoms with Gasteiger partial charge in [0.1, 0.15) is 24.2 Å². The monoisotopic (exact) mass is 299 g/mol. The van der Waals surface area contributed by atoms with Gasteiger partial charge in [0.2, 0.25) is 0 Å². The standard InChI is InChI=1S/C14H17N7O/c1-22-13-6-4-12(5-7-13)9-21-14(15-10-17-21)3-2-8-20-11-16-18-19-20/h4-7,10-11H,2-3,8-9H2,1H3. The van der Waals surface area contributed by atoms with E-state index in [1.54, 1.807) is 24.4 Å². The first-order valence-electron chi connectivity index (χ1n) is 7.05. The number of tetrazole rings is 1. The lowest BCUT2D eigenvalue weighted by molar-refractivity contribution is 0.414. The Labute approximate surface area is 127 Å². The summed E-state index contributed by atoms with van der Waals surface area (Å²) in [5.41, 5.74) is 1.16. The highest BCUT2D eigenvalue weighted by atomic mass is 16.5. The van der Waals surface area contributed by atoms with Gasteiger partial charge in [0.05, 0.1) is 13.7 Å². The van der Waals surface area contributed by atoms with E-state index < -0.39 is 0 Å². The summed E-state index contributed by atoms with van der Waals surface area (Å²) in [7, 11) is 1.66. The van der Waals surface area contributed by atoms with E-state index in [4.69, 9.17) is 4.74 Å². The molecule has 0 saturated heterocycles. The molecule has 0 aliphatic heterocycles. The second kappa shape index (κ2) is 6.79. The number of aryl methyl sites for hydroxylation is 2. The van der Waals surface area contributed by atoms with E-state index in [0.717, 1.165) is 36.5 Å². The Morgan fingerprint density at radius 2 is 2.05 bits per heavy atom. The zero-order valence-corrected chi connectivity index (χ0v) is 12.3. The van der Waals surface area contributed by atoms with Crippen LogP contribution in [0.5, 0.6) is 5.75 Å². The van der Waals surface area contributed by atoms with Crippen LogP contribution in [0, 0.1) is 0 Å². The Bertz CT molecular complexity index is 690. The van der Waals surface area contributed by atoms with Crippen molar-refractivity contribution in [3.05, 3.63) is 48.3 Å². The maximum absolute atomic E-state index is 5.16. The molecule has 0 amide bonds. The van der Waals surface area contributed by atoms with Gasteiger partial charge in [-0.05, 0) is 34.5 Å². The normalized spacial score (nSPS) is 10.8. The number of rotatable bonds is 7. The van der Waals surface area contributed by atoms with Crippen molar-refractivity contribution in [3.63, 3.8) is 0 Å². The minimum Gasteiger partial charge on any atom is -0.497 e. The second-order valence-electron chi connectivity index (χ2n) is 4.86. The van der Waals surface area contributed by atoms with Crippen molar-refractivity contribution in [3.8, 4) is 5.75 Å². The summed E-state index contributed by atoms with van der Waals surface area (Å²) >= 11 is 0. The number of hydrogen-bond acceptors (Lipinski definition) is 6. The summed E-state index contributed by atoms with van der Waals surface area (Å²) in [4.78, 5) is 4.33. The third kappa shape index (κ3) is 3.46. The first-order valence-corrected chi connectivity index (χ1v) is 7.05. The molecule has 2 aromatic heterocycles. The van der Waals surface area contributed by atoms with Crippen LogP contribution in [0.3, 0.4) is 0 Å². The molecule has 0 aliphatic carbocycles. The van der Waals surface area contributed by atoms with Crippen molar-refractivity contribution in [1.82, 2.24) is 35.0 Å². The number of methoxy groups -OCH3 is 1. The molecular weight excluding hydrogens is 282 g/mol. The second-order valence-corrected chi connectivity index (χ2v) is 4.86. The quantitative estimate of drug-likeness (QED) is 0.646. The smallest absolute Gasteiger partial charge is 0.138 e. The lowest BCUT2D eigenvalue weighted by Crippen LogP contribution is -2.09. The summed E-state index contributed by atoms with van der Waals surface area (Å²) in [6.07, 6.45) is 4.94. The van der Waals surface area contributed by atoms with E-state index in [2.05, 4.69) is 25.6 Å². The van der Waals surface area contributed by atoms with Crippen molar-refractivity contribution in [2.75, 3.05) is 7.11 Å². The minimum absolute atomic E-state index is 0.699. The third-order valence-corrected chi connectivity index (χ3v) is 3.37. The summed E-state index contributed by atoms with van der Waals surface area (Å²) in [6, 6.07) is 7.96. The lowest BCUT2D eigenvalue weighted by Gasteiger charge is -2.07. The van der Waals surface area contributed by atoms with Crippen molar-refractivity contribution >= 4 is 0 Å². The molecule has 2 heterocycles. The summed E-state index contributed by atoms with van der Waals surface area (Å²) in [6.45, 7) is 1.46. The van der Waals surface area contributed by atoms with Crippen LogP contribution < -0.4 is 4.74 Å². The van der Waals surface area contributed by atoms with E-state index in [-0.39, 0.29) is 0 Å². The first-order chi connectivity index (χ1) is 10.8. The topological polar surface area (TPSA) is 83.5 Å². The molecule has 0 atom stereocenters. The Hall–Kier alpha value is -2.77. The van der Waals surface area contributed by atoms with Gasteiger partial charge < -0.3 is 4.74 Å². The van der Waals surface area contributed by atoms with Gasteiger partial charge in [0.15, 0.2) is 0 Å². The van der Waals surface area contributed by atoms with Crippen LogP contribution in [0.4, 0.5) is 0 Å². The van der Waals surface area contributed by atoms with Crippen LogP contribution in [0.2, 0.25) is 0 Å².